The van der Waals surface area contributed by atoms with Crippen LogP contribution in [0.5, 0.6) is 5.75 Å². The van der Waals surface area contributed by atoms with Gasteiger partial charge in [0.25, 0.3) is 0 Å². The van der Waals surface area contributed by atoms with Crippen molar-refractivity contribution in [3.05, 3.63) is 29.3 Å². The van der Waals surface area contributed by atoms with E-state index >= 15 is 0 Å². The van der Waals surface area contributed by atoms with Gasteiger partial charge in [-0.05, 0) is 49.8 Å². The second-order valence-electron chi connectivity index (χ2n) is 6.70. The SMILES string of the molecule is COc1cc(C2(C(=O)N3CCC[C@H](C(=O)O)C3)CC2)ccc1C. The number of piperidine rings is 1. The number of rotatable bonds is 4. The number of likely N-dealkylation sites (tertiary alicyclic amines) is 1. The average molecular weight is 317 g/mol. The highest BCUT2D eigenvalue weighted by Crippen LogP contribution is 2.50. The van der Waals surface area contributed by atoms with Gasteiger partial charge in [0.05, 0.1) is 18.4 Å². The predicted molar refractivity (Wildman–Crippen MR) is 85.6 cm³/mol. The van der Waals surface area contributed by atoms with Gasteiger partial charge in [-0.3, -0.25) is 9.59 Å². The normalized spacial score (nSPS) is 22.5. The molecule has 5 nitrogen and oxygen atoms in total. The van der Waals surface area contributed by atoms with E-state index in [0.29, 0.717) is 19.5 Å². The highest BCUT2D eigenvalue weighted by Gasteiger charge is 2.53. The third kappa shape index (κ3) is 2.80. The number of hydrogen-bond acceptors (Lipinski definition) is 3. The summed E-state index contributed by atoms with van der Waals surface area (Å²) in [6, 6.07) is 5.94. The number of aryl methyl sites for hydroxylation is 1. The Morgan fingerprint density at radius 3 is 2.70 bits per heavy atom. The van der Waals surface area contributed by atoms with Crippen molar-refractivity contribution in [1.82, 2.24) is 4.90 Å². The van der Waals surface area contributed by atoms with Gasteiger partial charge in [0, 0.05) is 13.1 Å². The zero-order valence-corrected chi connectivity index (χ0v) is 13.7. The molecule has 1 saturated heterocycles. The molecule has 0 radical (unpaired) electrons. The number of carbonyl (C=O) groups excluding carboxylic acids is 1. The van der Waals surface area contributed by atoms with Crippen LogP contribution in [0.15, 0.2) is 18.2 Å². The number of benzene rings is 1. The van der Waals surface area contributed by atoms with Crippen LogP contribution in [0, 0.1) is 12.8 Å². The van der Waals surface area contributed by atoms with Crippen molar-refractivity contribution in [2.45, 2.75) is 38.0 Å². The molecule has 2 fully saturated rings. The van der Waals surface area contributed by atoms with Crippen LogP contribution >= 0.6 is 0 Å². The van der Waals surface area contributed by atoms with Crippen LogP contribution in [0.3, 0.4) is 0 Å². The number of carboxylic acid groups (broad SMARTS) is 1. The summed E-state index contributed by atoms with van der Waals surface area (Å²) < 4.78 is 5.38. The molecule has 3 rings (SSSR count). The molecule has 1 amide bonds. The molecule has 23 heavy (non-hydrogen) atoms. The van der Waals surface area contributed by atoms with Crippen LogP contribution in [0.4, 0.5) is 0 Å². The van der Waals surface area contributed by atoms with Crippen LogP contribution in [0.2, 0.25) is 0 Å². The summed E-state index contributed by atoms with van der Waals surface area (Å²) in [5, 5.41) is 9.22. The summed E-state index contributed by atoms with van der Waals surface area (Å²) >= 11 is 0. The maximum absolute atomic E-state index is 13.0. The first kappa shape index (κ1) is 15.8. The Kier molecular flexibility index (Phi) is 4.04. The first-order valence-electron chi connectivity index (χ1n) is 8.15. The zero-order valence-electron chi connectivity index (χ0n) is 13.7. The van der Waals surface area contributed by atoms with E-state index in [4.69, 9.17) is 4.74 Å². The molecule has 0 unspecified atom stereocenters. The molecule has 1 saturated carbocycles. The molecule has 1 aromatic carbocycles. The van der Waals surface area contributed by atoms with Crippen molar-refractivity contribution >= 4 is 11.9 Å². The van der Waals surface area contributed by atoms with E-state index < -0.39 is 17.3 Å². The van der Waals surface area contributed by atoms with E-state index in [1.165, 1.54) is 0 Å². The summed E-state index contributed by atoms with van der Waals surface area (Å²) in [6.45, 7) is 2.97. The molecule has 1 N–H and O–H groups in total. The lowest BCUT2D eigenvalue weighted by atomic mass is 9.90. The van der Waals surface area contributed by atoms with Crippen molar-refractivity contribution in [3.8, 4) is 5.75 Å². The summed E-state index contributed by atoms with van der Waals surface area (Å²) in [4.78, 5) is 26.0. The minimum absolute atomic E-state index is 0.0781. The summed E-state index contributed by atoms with van der Waals surface area (Å²) in [5.41, 5.74) is 1.56. The van der Waals surface area contributed by atoms with Crippen molar-refractivity contribution in [2.75, 3.05) is 20.2 Å². The Bertz CT molecular complexity index is 636. The minimum Gasteiger partial charge on any atom is -0.496 e. The third-order valence-electron chi connectivity index (χ3n) is 5.18. The monoisotopic (exact) mass is 317 g/mol. The van der Waals surface area contributed by atoms with Gasteiger partial charge >= 0.3 is 5.97 Å². The average Bonchev–Trinajstić information content (AvgIpc) is 3.36. The standard InChI is InChI=1S/C18H23NO4/c1-12-5-6-14(10-15(12)23-2)18(7-8-18)17(22)19-9-3-4-13(11-19)16(20)21/h5-6,10,13H,3-4,7-9,11H2,1-2H3,(H,20,21)/t13-/m0/s1. The van der Waals surface area contributed by atoms with Crippen molar-refractivity contribution in [3.63, 3.8) is 0 Å². The van der Waals surface area contributed by atoms with E-state index in [1.54, 1.807) is 12.0 Å². The third-order valence-corrected chi connectivity index (χ3v) is 5.18. The fraction of sp³-hybridized carbons (Fsp3) is 0.556. The lowest BCUT2D eigenvalue weighted by Crippen LogP contribution is -2.46. The molecule has 1 aromatic rings. The summed E-state index contributed by atoms with van der Waals surface area (Å²) in [7, 11) is 1.63. The molecule has 1 aliphatic carbocycles. The number of carboxylic acids is 1. The molecule has 1 atom stereocenters. The van der Waals surface area contributed by atoms with Gasteiger partial charge in [-0.2, -0.15) is 0 Å². The Balaban J connectivity index is 1.82. The number of amides is 1. The quantitative estimate of drug-likeness (QED) is 0.926. The molecule has 0 aromatic heterocycles. The number of methoxy groups -OCH3 is 1. The second kappa shape index (κ2) is 5.87. The van der Waals surface area contributed by atoms with Crippen LogP contribution in [0.25, 0.3) is 0 Å². The topological polar surface area (TPSA) is 66.8 Å². The van der Waals surface area contributed by atoms with E-state index in [2.05, 4.69) is 0 Å². The molecule has 124 valence electrons. The van der Waals surface area contributed by atoms with Crippen LogP contribution in [-0.4, -0.2) is 42.1 Å². The highest BCUT2D eigenvalue weighted by molar-refractivity contribution is 5.92. The smallest absolute Gasteiger partial charge is 0.308 e. The van der Waals surface area contributed by atoms with E-state index in [0.717, 1.165) is 36.1 Å². The molecule has 5 heteroatoms. The lowest BCUT2D eigenvalue weighted by molar-refractivity contribution is -0.146. The summed E-state index contributed by atoms with van der Waals surface area (Å²) in [5.74, 6) is -0.363. The molecule has 1 heterocycles. The van der Waals surface area contributed by atoms with E-state index in [9.17, 15) is 14.7 Å². The van der Waals surface area contributed by atoms with E-state index in [-0.39, 0.29) is 5.91 Å². The Morgan fingerprint density at radius 1 is 1.35 bits per heavy atom. The lowest BCUT2D eigenvalue weighted by Gasteiger charge is -2.33. The van der Waals surface area contributed by atoms with E-state index in [1.807, 2.05) is 25.1 Å². The van der Waals surface area contributed by atoms with Gasteiger partial charge in [0.1, 0.15) is 5.75 Å². The first-order chi connectivity index (χ1) is 11.0. The molecule has 0 bridgehead atoms. The summed E-state index contributed by atoms with van der Waals surface area (Å²) in [6.07, 6.45) is 3.07. The zero-order chi connectivity index (χ0) is 16.6. The first-order valence-corrected chi connectivity index (χ1v) is 8.15. The van der Waals surface area contributed by atoms with Gasteiger partial charge in [-0.1, -0.05) is 12.1 Å². The Hall–Kier alpha value is -2.04. The fourth-order valence-electron chi connectivity index (χ4n) is 3.53. The fourth-order valence-corrected chi connectivity index (χ4v) is 3.53. The van der Waals surface area contributed by atoms with Crippen LogP contribution in [0.1, 0.15) is 36.8 Å². The Labute approximate surface area is 136 Å². The van der Waals surface area contributed by atoms with Crippen LogP contribution in [-0.2, 0) is 15.0 Å². The highest BCUT2D eigenvalue weighted by atomic mass is 16.5. The number of ether oxygens (including phenoxy) is 1. The number of nitrogens with zero attached hydrogens (tertiary/aromatic N) is 1. The van der Waals surface area contributed by atoms with Gasteiger partial charge < -0.3 is 14.7 Å². The number of hydrogen-bond donors (Lipinski definition) is 1. The maximum atomic E-state index is 13.0. The molecule has 0 spiro atoms. The number of aliphatic carboxylic acids is 1. The van der Waals surface area contributed by atoms with Gasteiger partial charge in [-0.15, -0.1) is 0 Å². The van der Waals surface area contributed by atoms with Gasteiger partial charge in [0.15, 0.2) is 0 Å². The molecule has 1 aliphatic heterocycles. The molecular formula is C18H23NO4. The molecular weight excluding hydrogens is 294 g/mol. The van der Waals surface area contributed by atoms with Crippen LogP contribution < -0.4 is 4.74 Å². The van der Waals surface area contributed by atoms with Gasteiger partial charge in [0.2, 0.25) is 5.91 Å². The minimum atomic E-state index is -0.802. The largest absolute Gasteiger partial charge is 0.496 e. The van der Waals surface area contributed by atoms with Crippen molar-refractivity contribution in [1.29, 1.82) is 0 Å². The van der Waals surface area contributed by atoms with Crippen molar-refractivity contribution < 1.29 is 19.4 Å². The Morgan fingerprint density at radius 2 is 2.09 bits per heavy atom. The predicted octanol–water partition coefficient (Wildman–Crippen LogP) is 2.36. The van der Waals surface area contributed by atoms with Gasteiger partial charge in [-0.25, -0.2) is 0 Å². The second-order valence-corrected chi connectivity index (χ2v) is 6.70. The molecule has 2 aliphatic rings. The maximum Gasteiger partial charge on any atom is 0.308 e. The van der Waals surface area contributed by atoms with Crippen molar-refractivity contribution in [2.24, 2.45) is 5.92 Å². The number of carbonyl (C=O) groups is 2.